The van der Waals surface area contributed by atoms with E-state index in [-0.39, 0.29) is 24.0 Å². The van der Waals surface area contributed by atoms with Gasteiger partial charge in [-0.05, 0) is 30.9 Å². The van der Waals surface area contributed by atoms with E-state index in [1.807, 2.05) is 24.0 Å². The van der Waals surface area contributed by atoms with Gasteiger partial charge in [0.1, 0.15) is 0 Å². The highest BCUT2D eigenvalue weighted by Crippen LogP contribution is 2.17. The molecule has 0 spiro atoms. The van der Waals surface area contributed by atoms with Gasteiger partial charge < -0.3 is 15.0 Å². The lowest BCUT2D eigenvalue weighted by Crippen LogP contribution is -2.40. The molecule has 28 heavy (non-hydrogen) atoms. The molecule has 2 aromatic rings. The third-order valence-electron chi connectivity index (χ3n) is 4.87. The normalized spacial score (nSPS) is 16.9. The van der Waals surface area contributed by atoms with E-state index in [1.54, 1.807) is 0 Å². The van der Waals surface area contributed by atoms with E-state index in [9.17, 15) is 0 Å². The molecule has 0 amide bonds. The Morgan fingerprint density at radius 1 is 1.32 bits per heavy atom. The Morgan fingerprint density at radius 2 is 2.14 bits per heavy atom. The van der Waals surface area contributed by atoms with Gasteiger partial charge in [0.15, 0.2) is 5.96 Å². The molecule has 1 fully saturated rings. The SMILES string of the molecule is CN=C(NCCCn1cc(C)cn1)N1CCC(COCc2ccccc2)C1.I. The minimum absolute atomic E-state index is 0. The first kappa shape index (κ1) is 22.7. The lowest BCUT2D eigenvalue weighted by Gasteiger charge is -2.21. The predicted molar refractivity (Wildman–Crippen MR) is 124 cm³/mol. The fourth-order valence-electron chi connectivity index (χ4n) is 3.44. The summed E-state index contributed by atoms with van der Waals surface area (Å²) in [5, 5.41) is 7.81. The Hall–Kier alpha value is -1.61. The fraction of sp³-hybridized carbons (Fsp3) is 0.524. The molecule has 1 unspecified atom stereocenters. The van der Waals surface area contributed by atoms with Gasteiger partial charge in [0.2, 0.25) is 0 Å². The maximum Gasteiger partial charge on any atom is 0.193 e. The second-order valence-electron chi connectivity index (χ2n) is 7.21. The highest BCUT2D eigenvalue weighted by Gasteiger charge is 2.24. The average molecular weight is 497 g/mol. The van der Waals surface area contributed by atoms with Crippen molar-refractivity contribution in [3.05, 3.63) is 53.9 Å². The van der Waals surface area contributed by atoms with E-state index >= 15 is 0 Å². The molecule has 1 aliphatic rings. The van der Waals surface area contributed by atoms with Crippen LogP contribution in [0.2, 0.25) is 0 Å². The molecule has 1 aliphatic heterocycles. The summed E-state index contributed by atoms with van der Waals surface area (Å²) < 4.78 is 7.91. The zero-order chi connectivity index (χ0) is 18.9. The van der Waals surface area contributed by atoms with Crippen LogP contribution in [0.3, 0.4) is 0 Å². The lowest BCUT2D eigenvalue weighted by molar-refractivity contribution is 0.0907. The summed E-state index contributed by atoms with van der Waals surface area (Å²) in [6.45, 7) is 7.43. The van der Waals surface area contributed by atoms with Crippen LogP contribution in [0.4, 0.5) is 0 Å². The number of rotatable bonds is 8. The van der Waals surface area contributed by atoms with Gasteiger partial charge in [-0.1, -0.05) is 30.3 Å². The van der Waals surface area contributed by atoms with Gasteiger partial charge >= 0.3 is 0 Å². The molecule has 1 N–H and O–H groups in total. The van der Waals surface area contributed by atoms with Crippen LogP contribution in [0.25, 0.3) is 0 Å². The lowest BCUT2D eigenvalue weighted by atomic mass is 10.1. The van der Waals surface area contributed by atoms with Crippen LogP contribution < -0.4 is 5.32 Å². The van der Waals surface area contributed by atoms with Crippen LogP contribution in [0.1, 0.15) is 24.0 Å². The molecular formula is C21H32IN5O. The molecule has 1 atom stereocenters. The smallest absolute Gasteiger partial charge is 0.193 e. The molecule has 7 heteroatoms. The summed E-state index contributed by atoms with van der Waals surface area (Å²) in [4.78, 5) is 6.79. The number of guanidine groups is 1. The number of likely N-dealkylation sites (tertiary alicyclic amines) is 1. The number of nitrogens with one attached hydrogen (secondary N) is 1. The van der Waals surface area contributed by atoms with Gasteiger partial charge in [-0.2, -0.15) is 5.10 Å². The van der Waals surface area contributed by atoms with Crippen molar-refractivity contribution in [1.82, 2.24) is 20.0 Å². The van der Waals surface area contributed by atoms with Crippen LogP contribution in [0.15, 0.2) is 47.7 Å². The number of nitrogens with zero attached hydrogens (tertiary/aromatic N) is 4. The summed E-state index contributed by atoms with van der Waals surface area (Å²) in [6, 6.07) is 10.4. The van der Waals surface area contributed by atoms with Gasteiger partial charge in [0.05, 0.1) is 19.4 Å². The van der Waals surface area contributed by atoms with Crippen LogP contribution >= 0.6 is 24.0 Å². The Bertz CT molecular complexity index is 719. The van der Waals surface area contributed by atoms with Crippen LogP contribution in [-0.4, -0.2) is 53.9 Å². The number of hydrogen-bond donors (Lipinski definition) is 1. The van der Waals surface area contributed by atoms with Gasteiger partial charge in [0, 0.05) is 45.3 Å². The van der Waals surface area contributed by atoms with Crippen molar-refractivity contribution < 1.29 is 4.74 Å². The Balaban J connectivity index is 0.00000280. The monoisotopic (exact) mass is 497 g/mol. The van der Waals surface area contributed by atoms with Crippen molar-refractivity contribution in [2.75, 3.05) is 33.3 Å². The number of aromatic nitrogens is 2. The van der Waals surface area contributed by atoms with E-state index in [4.69, 9.17) is 4.74 Å². The second kappa shape index (κ2) is 12.1. The van der Waals surface area contributed by atoms with Gasteiger partial charge in [-0.15, -0.1) is 24.0 Å². The van der Waals surface area contributed by atoms with Crippen molar-refractivity contribution in [3.63, 3.8) is 0 Å². The third-order valence-corrected chi connectivity index (χ3v) is 4.87. The van der Waals surface area contributed by atoms with Crippen molar-refractivity contribution in [1.29, 1.82) is 0 Å². The molecule has 1 aromatic heterocycles. The van der Waals surface area contributed by atoms with E-state index in [2.05, 4.69) is 57.7 Å². The van der Waals surface area contributed by atoms with E-state index in [0.29, 0.717) is 12.5 Å². The van der Waals surface area contributed by atoms with Crippen LogP contribution in [0.5, 0.6) is 0 Å². The first-order valence-corrected chi connectivity index (χ1v) is 9.81. The Kier molecular flexibility index (Phi) is 9.77. The second-order valence-corrected chi connectivity index (χ2v) is 7.21. The number of benzene rings is 1. The van der Waals surface area contributed by atoms with Crippen molar-refractivity contribution in [2.24, 2.45) is 10.9 Å². The van der Waals surface area contributed by atoms with Crippen LogP contribution in [0, 0.1) is 12.8 Å². The predicted octanol–water partition coefficient (Wildman–Crippen LogP) is 3.31. The third kappa shape index (κ3) is 7.09. The quantitative estimate of drug-likeness (QED) is 0.263. The number of hydrogen-bond acceptors (Lipinski definition) is 3. The fourth-order valence-corrected chi connectivity index (χ4v) is 3.44. The molecule has 0 aliphatic carbocycles. The van der Waals surface area contributed by atoms with E-state index in [1.165, 1.54) is 11.1 Å². The van der Waals surface area contributed by atoms with Crippen molar-refractivity contribution in [3.8, 4) is 0 Å². The Labute approximate surface area is 185 Å². The molecule has 0 bridgehead atoms. The van der Waals surface area contributed by atoms with E-state index < -0.39 is 0 Å². The average Bonchev–Trinajstić information content (AvgIpc) is 3.32. The zero-order valence-electron chi connectivity index (χ0n) is 16.9. The van der Waals surface area contributed by atoms with Crippen molar-refractivity contribution >= 4 is 29.9 Å². The van der Waals surface area contributed by atoms with Crippen LogP contribution in [-0.2, 0) is 17.9 Å². The van der Waals surface area contributed by atoms with E-state index in [0.717, 1.165) is 51.6 Å². The standard InChI is InChI=1S/C21H31N5O.HI/c1-18-13-24-26(14-18)11-6-10-23-21(22-2)25-12-9-20(15-25)17-27-16-19-7-4-3-5-8-19;/h3-5,7-8,13-14,20H,6,9-12,15-17H2,1-2H3,(H,22,23);1H. The number of halogens is 1. The summed E-state index contributed by atoms with van der Waals surface area (Å²) in [6.07, 6.45) is 6.16. The number of aryl methyl sites for hydroxylation is 2. The molecule has 0 saturated carbocycles. The maximum absolute atomic E-state index is 5.92. The molecule has 2 heterocycles. The number of ether oxygens (including phenoxy) is 1. The van der Waals surface area contributed by atoms with Gasteiger partial charge in [0.25, 0.3) is 0 Å². The topological polar surface area (TPSA) is 54.7 Å². The number of aliphatic imine (C=N–C) groups is 1. The molecule has 0 radical (unpaired) electrons. The molecule has 6 nitrogen and oxygen atoms in total. The largest absolute Gasteiger partial charge is 0.376 e. The maximum atomic E-state index is 5.92. The Morgan fingerprint density at radius 3 is 2.86 bits per heavy atom. The summed E-state index contributed by atoms with van der Waals surface area (Å²) >= 11 is 0. The summed E-state index contributed by atoms with van der Waals surface area (Å²) in [7, 11) is 1.86. The minimum atomic E-state index is 0. The highest BCUT2D eigenvalue weighted by molar-refractivity contribution is 14.0. The molecule has 3 rings (SSSR count). The minimum Gasteiger partial charge on any atom is -0.376 e. The molecule has 1 saturated heterocycles. The molecular weight excluding hydrogens is 465 g/mol. The highest BCUT2D eigenvalue weighted by atomic mass is 127. The zero-order valence-corrected chi connectivity index (χ0v) is 19.2. The van der Waals surface area contributed by atoms with Gasteiger partial charge in [-0.25, -0.2) is 0 Å². The van der Waals surface area contributed by atoms with Crippen molar-refractivity contribution in [2.45, 2.75) is 32.9 Å². The summed E-state index contributed by atoms with van der Waals surface area (Å²) in [5.41, 5.74) is 2.44. The van der Waals surface area contributed by atoms with Gasteiger partial charge in [-0.3, -0.25) is 9.67 Å². The molecule has 1 aromatic carbocycles. The first-order valence-electron chi connectivity index (χ1n) is 9.81. The molecule has 154 valence electrons. The first-order chi connectivity index (χ1) is 13.2. The summed E-state index contributed by atoms with van der Waals surface area (Å²) in [5.74, 6) is 1.57.